The van der Waals surface area contributed by atoms with Crippen molar-refractivity contribution in [2.75, 3.05) is 12.9 Å². The van der Waals surface area contributed by atoms with E-state index >= 15 is 0 Å². The lowest BCUT2D eigenvalue weighted by atomic mass is 9.92. The van der Waals surface area contributed by atoms with Gasteiger partial charge in [0.05, 0.1) is 19.0 Å². The first kappa shape index (κ1) is 18.7. The first-order chi connectivity index (χ1) is 9.31. The van der Waals surface area contributed by atoms with Crippen molar-refractivity contribution in [1.29, 1.82) is 0 Å². The Kier molecular flexibility index (Phi) is 8.91. The summed E-state index contributed by atoms with van der Waals surface area (Å²) in [5.74, 6) is -2.41. The molecule has 20 heavy (non-hydrogen) atoms. The van der Waals surface area contributed by atoms with Crippen LogP contribution in [0.3, 0.4) is 0 Å². The van der Waals surface area contributed by atoms with Crippen LogP contribution in [0.2, 0.25) is 0 Å². The van der Waals surface area contributed by atoms with E-state index in [1.807, 2.05) is 0 Å². The average Bonchev–Trinajstić information content (AvgIpc) is 2.38. The van der Waals surface area contributed by atoms with E-state index < -0.39 is 24.0 Å². The second-order valence-corrected chi connectivity index (χ2v) is 5.48. The van der Waals surface area contributed by atoms with Crippen molar-refractivity contribution in [3.05, 3.63) is 11.0 Å². The summed E-state index contributed by atoms with van der Waals surface area (Å²) in [4.78, 5) is 33.2. The van der Waals surface area contributed by atoms with Crippen molar-refractivity contribution < 1.29 is 29.3 Å². The number of allylic oxidation sites excluding steroid dienone is 1. The van der Waals surface area contributed by atoms with Gasteiger partial charge in [0.15, 0.2) is 0 Å². The summed E-state index contributed by atoms with van der Waals surface area (Å²) in [5.41, 5.74) is 0. The Balaban J connectivity index is 4.81. The van der Waals surface area contributed by atoms with Crippen LogP contribution in [-0.2, 0) is 19.1 Å². The van der Waals surface area contributed by atoms with E-state index in [1.165, 1.54) is 14.0 Å². The molecule has 2 N–H and O–H groups in total. The number of aldehydes is 1. The molecular weight excluding hydrogens is 284 g/mol. The molecule has 0 heterocycles. The largest absolute Gasteiger partial charge is 0.478 e. The van der Waals surface area contributed by atoms with Crippen molar-refractivity contribution in [1.82, 2.24) is 0 Å². The van der Waals surface area contributed by atoms with Crippen molar-refractivity contribution in [3.63, 3.8) is 0 Å². The summed E-state index contributed by atoms with van der Waals surface area (Å²) in [5, 5.41) is 18.3. The number of carboxylic acids is 1. The Bertz CT molecular complexity index is 377. The lowest BCUT2D eigenvalue weighted by Crippen LogP contribution is -2.21. The van der Waals surface area contributed by atoms with Crippen molar-refractivity contribution >= 4 is 30.0 Å². The number of carbonyl (C=O) groups excluding carboxylic acids is 2. The number of methoxy groups -OCH3 is 1. The highest BCUT2D eigenvalue weighted by molar-refractivity contribution is 8.03. The Hall–Kier alpha value is -1.34. The van der Waals surface area contributed by atoms with E-state index in [9.17, 15) is 19.5 Å². The van der Waals surface area contributed by atoms with Gasteiger partial charge in [-0.05, 0) is 24.2 Å². The van der Waals surface area contributed by atoms with Crippen LogP contribution < -0.4 is 0 Å². The highest BCUT2D eigenvalue weighted by Crippen LogP contribution is 2.29. The molecular formula is C13H20O6S. The molecule has 0 aromatic rings. The third-order valence-electron chi connectivity index (χ3n) is 2.76. The van der Waals surface area contributed by atoms with E-state index in [1.54, 1.807) is 6.92 Å². The smallest absolute Gasteiger partial charge is 0.329 e. The molecule has 6 nitrogen and oxygen atoms in total. The quantitative estimate of drug-likeness (QED) is 0.373. The number of thioether (sulfide) groups is 1. The Morgan fingerprint density at radius 2 is 1.95 bits per heavy atom. The molecule has 0 bridgehead atoms. The zero-order valence-electron chi connectivity index (χ0n) is 11.7. The van der Waals surface area contributed by atoms with Crippen molar-refractivity contribution in [3.8, 4) is 0 Å². The molecule has 0 aliphatic carbocycles. The van der Waals surface area contributed by atoms with E-state index in [0.717, 1.165) is 17.8 Å². The summed E-state index contributed by atoms with van der Waals surface area (Å²) in [6.45, 7) is 3.26. The number of aliphatic hydroxyl groups excluding tert-OH is 1. The van der Waals surface area contributed by atoms with Gasteiger partial charge in [-0.2, -0.15) is 0 Å². The van der Waals surface area contributed by atoms with Gasteiger partial charge in [-0.1, -0.05) is 6.92 Å². The third kappa shape index (κ3) is 7.30. The molecule has 114 valence electrons. The first-order valence-corrected chi connectivity index (χ1v) is 7.07. The number of aliphatic hydroxyl groups is 1. The zero-order chi connectivity index (χ0) is 15.7. The molecule has 0 saturated carbocycles. The van der Waals surface area contributed by atoms with Gasteiger partial charge < -0.3 is 19.7 Å². The fourth-order valence-electron chi connectivity index (χ4n) is 1.54. The summed E-state index contributed by atoms with van der Waals surface area (Å²) in [6, 6.07) is 0. The SMILES string of the molecule is COC(=O)CS/C(=C\C(=O)O)[C@H](C)C[C@H](C=O)[C@@H](C)O. The van der Waals surface area contributed by atoms with Gasteiger partial charge in [-0.3, -0.25) is 4.79 Å². The van der Waals surface area contributed by atoms with Gasteiger partial charge in [0.1, 0.15) is 6.29 Å². The fraction of sp³-hybridized carbons (Fsp3) is 0.615. The lowest BCUT2D eigenvalue weighted by molar-refractivity contribution is -0.137. The maximum absolute atomic E-state index is 11.1. The Labute approximate surface area is 122 Å². The summed E-state index contributed by atoms with van der Waals surface area (Å²) >= 11 is 1.06. The summed E-state index contributed by atoms with van der Waals surface area (Å²) in [6.07, 6.45) is 1.19. The Morgan fingerprint density at radius 1 is 1.35 bits per heavy atom. The fourth-order valence-corrected chi connectivity index (χ4v) is 2.51. The van der Waals surface area contributed by atoms with Gasteiger partial charge in [0.2, 0.25) is 0 Å². The van der Waals surface area contributed by atoms with E-state index in [2.05, 4.69) is 4.74 Å². The predicted octanol–water partition coefficient (Wildman–Crippen LogP) is 1.08. The predicted molar refractivity (Wildman–Crippen MR) is 75.2 cm³/mol. The summed E-state index contributed by atoms with van der Waals surface area (Å²) in [7, 11) is 1.25. The topological polar surface area (TPSA) is 101 Å². The normalized spacial score (nSPS) is 16.1. The minimum absolute atomic E-state index is 0.000385. The van der Waals surface area contributed by atoms with Crippen molar-refractivity contribution in [2.45, 2.75) is 26.4 Å². The third-order valence-corrected chi connectivity index (χ3v) is 3.99. The van der Waals surface area contributed by atoms with Crippen LogP contribution in [0.4, 0.5) is 0 Å². The average molecular weight is 304 g/mol. The number of ether oxygens (including phenoxy) is 1. The number of rotatable bonds is 9. The number of hydrogen-bond acceptors (Lipinski definition) is 6. The molecule has 0 unspecified atom stereocenters. The molecule has 0 aliphatic rings. The maximum Gasteiger partial charge on any atom is 0.329 e. The van der Waals surface area contributed by atoms with Gasteiger partial charge in [-0.15, -0.1) is 11.8 Å². The molecule has 0 spiro atoms. The lowest BCUT2D eigenvalue weighted by Gasteiger charge is -2.20. The highest BCUT2D eigenvalue weighted by atomic mass is 32.2. The number of hydrogen-bond donors (Lipinski definition) is 2. The maximum atomic E-state index is 11.1. The van der Waals surface area contributed by atoms with Gasteiger partial charge in [-0.25, -0.2) is 4.79 Å². The van der Waals surface area contributed by atoms with E-state index in [0.29, 0.717) is 17.6 Å². The van der Waals surface area contributed by atoms with Gasteiger partial charge in [0, 0.05) is 12.0 Å². The van der Waals surface area contributed by atoms with Gasteiger partial charge >= 0.3 is 11.9 Å². The number of esters is 1. The molecule has 0 amide bonds. The molecule has 0 aliphatic heterocycles. The minimum atomic E-state index is -1.12. The highest BCUT2D eigenvalue weighted by Gasteiger charge is 2.21. The molecule has 0 fully saturated rings. The Morgan fingerprint density at radius 3 is 2.35 bits per heavy atom. The second-order valence-electron chi connectivity index (χ2n) is 4.43. The molecule has 3 atom stereocenters. The molecule has 0 rings (SSSR count). The summed E-state index contributed by atoms with van der Waals surface area (Å²) < 4.78 is 4.50. The van der Waals surface area contributed by atoms with Crippen molar-refractivity contribution in [2.24, 2.45) is 11.8 Å². The van der Waals surface area contributed by atoms with Crippen LogP contribution in [0.25, 0.3) is 0 Å². The molecule has 0 aromatic heterocycles. The van der Waals surface area contributed by atoms with E-state index in [4.69, 9.17) is 5.11 Å². The minimum Gasteiger partial charge on any atom is -0.478 e. The second kappa shape index (κ2) is 9.55. The van der Waals surface area contributed by atoms with Crippen LogP contribution in [0.15, 0.2) is 11.0 Å². The monoisotopic (exact) mass is 304 g/mol. The van der Waals surface area contributed by atoms with Crippen LogP contribution in [0, 0.1) is 11.8 Å². The number of aliphatic carboxylic acids is 1. The van der Waals surface area contributed by atoms with Crippen LogP contribution >= 0.6 is 11.8 Å². The van der Waals surface area contributed by atoms with Crippen LogP contribution in [0.5, 0.6) is 0 Å². The number of carboxylic acid groups (broad SMARTS) is 1. The standard InChI is InChI=1S/C13H20O6S/c1-8(4-10(6-14)9(2)15)11(5-12(16)17)20-7-13(18)19-3/h5-6,8-10,15H,4,7H2,1-3H3,(H,16,17)/b11-5-/t8-,9-,10-/m1/s1. The van der Waals surface area contributed by atoms with Crippen LogP contribution in [-0.4, -0.2) is 47.4 Å². The molecule has 0 aromatic carbocycles. The zero-order valence-corrected chi connectivity index (χ0v) is 12.6. The van der Waals surface area contributed by atoms with E-state index in [-0.39, 0.29) is 11.7 Å². The van der Waals surface area contributed by atoms with Gasteiger partial charge in [0.25, 0.3) is 0 Å². The van der Waals surface area contributed by atoms with Crippen LogP contribution in [0.1, 0.15) is 20.3 Å². The molecule has 0 radical (unpaired) electrons. The number of carbonyl (C=O) groups is 3. The first-order valence-electron chi connectivity index (χ1n) is 6.09. The molecule has 7 heteroatoms. The molecule has 0 saturated heterocycles.